The number of rotatable bonds is 1. The summed E-state index contributed by atoms with van der Waals surface area (Å²) in [6, 6.07) is 0.702. The number of hydrogen-bond acceptors (Lipinski definition) is 4. The molecule has 0 atom stereocenters. The predicted molar refractivity (Wildman–Crippen MR) is 43.0 cm³/mol. The molecule has 0 aliphatic carbocycles. The molecule has 0 aliphatic heterocycles. The van der Waals surface area contributed by atoms with E-state index in [-0.39, 0.29) is 11.9 Å². The van der Waals surface area contributed by atoms with E-state index in [9.17, 15) is 13.2 Å². The summed E-state index contributed by atoms with van der Waals surface area (Å²) >= 11 is 0. The molecule has 8 heteroatoms. The molecule has 2 rings (SSSR count). The van der Waals surface area contributed by atoms with Gasteiger partial charge < -0.3 is 10.2 Å². The average molecular weight is 218 g/mol. The number of anilines is 1. The molecule has 80 valence electrons. The fourth-order valence-electron chi connectivity index (χ4n) is 0.982. The first-order valence-corrected chi connectivity index (χ1v) is 3.81. The molecule has 0 saturated heterocycles. The smallest absolute Gasteiger partial charge is 0.405 e. The number of hydrogen-bond donors (Lipinski definition) is 1. The lowest BCUT2D eigenvalue weighted by atomic mass is 10.4. The molecule has 0 saturated carbocycles. The van der Waals surface area contributed by atoms with Crippen LogP contribution >= 0.6 is 0 Å². The van der Waals surface area contributed by atoms with Gasteiger partial charge in [-0.05, 0) is 6.07 Å². The number of halogens is 3. The first-order chi connectivity index (χ1) is 6.97. The van der Waals surface area contributed by atoms with Gasteiger partial charge in [0.1, 0.15) is 0 Å². The van der Waals surface area contributed by atoms with Crippen molar-refractivity contribution in [3.05, 3.63) is 24.2 Å². The van der Waals surface area contributed by atoms with Crippen molar-refractivity contribution in [2.24, 2.45) is 0 Å². The van der Waals surface area contributed by atoms with Crippen molar-refractivity contribution in [2.45, 2.75) is 6.18 Å². The van der Waals surface area contributed by atoms with Gasteiger partial charge in [-0.3, -0.25) is 0 Å². The number of alkyl halides is 3. The molecule has 2 N–H and O–H groups in total. The van der Waals surface area contributed by atoms with Crippen LogP contribution in [0.3, 0.4) is 0 Å². The molecular formula is C7H5F3N4O. The van der Waals surface area contributed by atoms with Crippen LogP contribution in [0.5, 0.6) is 0 Å². The second-order valence-electron chi connectivity index (χ2n) is 2.68. The summed E-state index contributed by atoms with van der Waals surface area (Å²) in [6.07, 6.45) is -2.18. The quantitative estimate of drug-likeness (QED) is 0.786. The minimum atomic E-state index is -4.48. The Morgan fingerprint density at radius 1 is 1.40 bits per heavy atom. The van der Waals surface area contributed by atoms with Crippen molar-refractivity contribution in [2.75, 3.05) is 5.73 Å². The van der Waals surface area contributed by atoms with Gasteiger partial charge in [-0.1, -0.05) is 0 Å². The molecule has 0 spiro atoms. The van der Waals surface area contributed by atoms with Gasteiger partial charge in [0.25, 0.3) is 6.01 Å². The van der Waals surface area contributed by atoms with Gasteiger partial charge in [-0.15, -0.1) is 0 Å². The highest BCUT2D eigenvalue weighted by atomic mass is 19.4. The summed E-state index contributed by atoms with van der Waals surface area (Å²) in [5.74, 6) is 0.0306. The molecule has 0 aliphatic rings. The van der Waals surface area contributed by atoms with Gasteiger partial charge in [0.15, 0.2) is 5.69 Å². The van der Waals surface area contributed by atoms with Crippen molar-refractivity contribution < 1.29 is 17.6 Å². The van der Waals surface area contributed by atoms with E-state index in [1.807, 2.05) is 0 Å². The molecule has 0 fully saturated rings. The summed E-state index contributed by atoms with van der Waals surface area (Å²) in [6.45, 7) is 0. The molecule has 0 radical (unpaired) electrons. The van der Waals surface area contributed by atoms with Crippen LogP contribution in [-0.4, -0.2) is 14.8 Å². The van der Waals surface area contributed by atoms with E-state index in [2.05, 4.69) is 10.1 Å². The van der Waals surface area contributed by atoms with Gasteiger partial charge in [-0.25, -0.2) is 4.68 Å². The highest BCUT2D eigenvalue weighted by Crippen LogP contribution is 2.27. The van der Waals surface area contributed by atoms with E-state index in [1.54, 1.807) is 0 Å². The Morgan fingerprint density at radius 2 is 2.13 bits per heavy atom. The second-order valence-corrected chi connectivity index (χ2v) is 2.68. The molecule has 5 nitrogen and oxygen atoms in total. The molecule has 0 unspecified atom stereocenters. The third-order valence-corrected chi connectivity index (χ3v) is 1.62. The fraction of sp³-hybridized carbons (Fsp3) is 0.143. The Kier molecular flexibility index (Phi) is 1.92. The number of aromatic nitrogens is 3. The lowest BCUT2D eigenvalue weighted by Crippen LogP contribution is -2.06. The second kappa shape index (κ2) is 3.01. The van der Waals surface area contributed by atoms with Crippen LogP contribution in [-0.2, 0) is 6.18 Å². The van der Waals surface area contributed by atoms with E-state index >= 15 is 0 Å². The van der Waals surface area contributed by atoms with E-state index in [0.717, 1.165) is 16.9 Å². The molecule has 2 aromatic rings. The SMILES string of the molecule is Nc1ncc(-n2ccc(C(F)(F)F)n2)o1. The Bertz CT molecular complexity index is 473. The van der Waals surface area contributed by atoms with E-state index < -0.39 is 11.9 Å². The zero-order valence-electron chi connectivity index (χ0n) is 7.19. The topological polar surface area (TPSA) is 69.9 Å². The maximum Gasteiger partial charge on any atom is 0.435 e. The van der Waals surface area contributed by atoms with Crippen LogP contribution in [0.15, 0.2) is 22.9 Å². The number of nitrogens with two attached hydrogens (primary N) is 1. The largest absolute Gasteiger partial charge is 0.435 e. The van der Waals surface area contributed by atoms with E-state index in [1.165, 1.54) is 6.20 Å². The minimum absolute atomic E-state index is 0.0306. The van der Waals surface area contributed by atoms with Gasteiger partial charge in [0.2, 0.25) is 5.88 Å². The van der Waals surface area contributed by atoms with E-state index in [4.69, 9.17) is 10.2 Å². The van der Waals surface area contributed by atoms with Gasteiger partial charge in [0, 0.05) is 6.20 Å². The zero-order valence-corrected chi connectivity index (χ0v) is 7.19. The Morgan fingerprint density at radius 3 is 2.60 bits per heavy atom. The van der Waals surface area contributed by atoms with Crippen LogP contribution in [0.25, 0.3) is 5.88 Å². The van der Waals surface area contributed by atoms with Crippen LogP contribution < -0.4 is 5.73 Å². The maximum atomic E-state index is 12.2. The number of oxazole rings is 1. The maximum absolute atomic E-state index is 12.2. The Hall–Kier alpha value is -1.99. The zero-order chi connectivity index (χ0) is 11.1. The lowest BCUT2D eigenvalue weighted by molar-refractivity contribution is -0.141. The first-order valence-electron chi connectivity index (χ1n) is 3.81. The highest BCUT2D eigenvalue weighted by molar-refractivity contribution is 5.22. The molecule has 0 bridgehead atoms. The summed E-state index contributed by atoms with van der Waals surface area (Å²) in [5, 5.41) is 3.27. The highest BCUT2D eigenvalue weighted by Gasteiger charge is 2.33. The van der Waals surface area contributed by atoms with Crippen molar-refractivity contribution in [3.63, 3.8) is 0 Å². The Balaban J connectivity index is 2.36. The first kappa shape index (κ1) is 9.56. The van der Waals surface area contributed by atoms with E-state index in [0.29, 0.717) is 0 Å². The predicted octanol–water partition coefficient (Wildman–Crippen LogP) is 1.46. The van der Waals surface area contributed by atoms with Gasteiger partial charge in [0.05, 0.1) is 6.20 Å². The molecule has 2 aromatic heterocycles. The standard InChI is InChI=1S/C7H5F3N4O/c8-7(9,10)4-1-2-14(13-4)5-3-12-6(11)15-5/h1-3H,(H2,11,12). The van der Waals surface area contributed by atoms with Crippen molar-refractivity contribution in [1.29, 1.82) is 0 Å². The van der Waals surface area contributed by atoms with Crippen LogP contribution in [0, 0.1) is 0 Å². The fourth-order valence-corrected chi connectivity index (χ4v) is 0.982. The van der Waals surface area contributed by atoms with Crippen molar-refractivity contribution >= 4 is 6.01 Å². The van der Waals surface area contributed by atoms with Crippen LogP contribution in [0.1, 0.15) is 5.69 Å². The normalized spacial score (nSPS) is 11.9. The molecule has 2 heterocycles. The molecule has 0 amide bonds. The third-order valence-electron chi connectivity index (χ3n) is 1.62. The van der Waals surface area contributed by atoms with Crippen LogP contribution in [0.2, 0.25) is 0 Å². The number of nitrogen functional groups attached to an aromatic ring is 1. The average Bonchev–Trinajstić information content (AvgIpc) is 2.69. The minimum Gasteiger partial charge on any atom is -0.405 e. The summed E-state index contributed by atoms with van der Waals surface area (Å²) in [7, 11) is 0. The monoisotopic (exact) mass is 218 g/mol. The Labute approximate surface area is 81.3 Å². The molecular weight excluding hydrogens is 213 g/mol. The third kappa shape index (κ3) is 1.78. The summed E-state index contributed by atoms with van der Waals surface area (Å²) in [4.78, 5) is 3.53. The summed E-state index contributed by atoms with van der Waals surface area (Å²) in [5.41, 5.74) is 4.17. The van der Waals surface area contributed by atoms with Gasteiger partial charge in [-0.2, -0.15) is 23.3 Å². The number of nitrogens with zero attached hydrogens (tertiary/aromatic N) is 3. The van der Waals surface area contributed by atoms with Crippen LogP contribution in [0.4, 0.5) is 19.2 Å². The lowest BCUT2D eigenvalue weighted by Gasteiger charge is -1.99. The molecule has 15 heavy (non-hydrogen) atoms. The van der Waals surface area contributed by atoms with Crippen molar-refractivity contribution in [1.82, 2.24) is 14.8 Å². The van der Waals surface area contributed by atoms with Gasteiger partial charge >= 0.3 is 6.18 Å². The molecule has 0 aromatic carbocycles. The summed E-state index contributed by atoms with van der Waals surface area (Å²) < 4.78 is 42.2. The van der Waals surface area contributed by atoms with Crippen molar-refractivity contribution in [3.8, 4) is 5.88 Å².